The molecule has 1 aliphatic rings. The van der Waals surface area contributed by atoms with Crippen molar-refractivity contribution in [1.82, 2.24) is 0 Å². The molecule has 1 aromatic rings. The second-order valence-electron chi connectivity index (χ2n) is 3.45. The molecule has 3 nitrogen and oxygen atoms in total. The SMILES string of the molecule is Cc1cccc2c1N(CCBr)C(=O)C2=O. The Balaban J connectivity index is 2.56. The number of anilines is 1. The van der Waals surface area contributed by atoms with Gasteiger partial charge in [-0.25, -0.2) is 0 Å². The molecular formula is C11H10BrNO2. The van der Waals surface area contributed by atoms with E-state index in [9.17, 15) is 9.59 Å². The van der Waals surface area contributed by atoms with Crippen molar-refractivity contribution in [2.45, 2.75) is 6.92 Å². The zero-order valence-electron chi connectivity index (χ0n) is 8.29. The van der Waals surface area contributed by atoms with E-state index in [0.29, 0.717) is 17.4 Å². The number of hydrogen-bond acceptors (Lipinski definition) is 2. The molecule has 0 spiro atoms. The molecule has 0 N–H and O–H groups in total. The monoisotopic (exact) mass is 267 g/mol. The molecule has 0 fully saturated rings. The molecule has 0 aliphatic carbocycles. The summed E-state index contributed by atoms with van der Waals surface area (Å²) >= 11 is 3.28. The van der Waals surface area contributed by atoms with Crippen molar-refractivity contribution in [3.8, 4) is 0 Å². The molecule has 1 amide bonds. The van der Waals surface area contributed by atoms with Crippen LogP contribution < -0.4 is 4.90 Å². The Hall–Kier alpha value is -1.16. The molecule has 0 atom stereocenters. The summed E-state index contributed by atoms with van der Waals surface area (Å²) < 4.78 is 0. The van der Waals surface area contributed by atoms with Crippen LogP contribution >= 0.6 is 15.9 Å². The minimum absolute atomic E-state index is 0.394. The predicted octanol–water partition coefficient (Wildman–Crippen LogP) is 1.92. The van der Waals surface area contributed by atoms with Crippen molar-refractivity contribution in [1.29, 1.82) is 0 Å². The third-order valence-corrected chi connectivity index (χ3v) is 2.85. The molecule has 0 radical (unpaired) electrons. The first kappa shape index (κ1) is 10.4. The number of carbonyl (C=O) groups excluding carboxylic acids is 2. The van der Waals surface area contributed by atoms with Gasteiger partial charge in [0.15, 0.2) is 0 Å². The van der Waals surface area contributed by atoms with E-state index in [4.69, 9.17) is 0 Å². The van der Waals surface area contributed by atoms with E-state index in [0.717, 1.165) is 11.3 Å². The summed E-state index contributed by atoms with van der Waals surface area (Å²) in [5, 5.41) is 0.666. The number of alkyl halides is 1. The second kappa shape index (κ2) is 3.77. The van der Waals surface area contributed by atoms with Gasteiger partial charge in [0, 0.05) is 11.9 Å². The summed E-state index contributed by atoms with van der Waals surface area (Å²) in [7, 11) is 0. The molecular weight excluding hydrogens is 258 g/mol. The van der Waals surface area contributed by atoms with Crippen LogP contribution in [-0.2, 0) is 4.79 Å². The number of benzene rings is 1. The van der Waals surface area contributed by atoms with E-state index in [2.05, 4.69) is 15.9 Å². The number of fused-ring (bicyclic) bond motifs is 1. The number of hydrogen-bond donors (Lipinski definition) is 0. The van der Waals surface area contributed by atoms with Gasteiger partial charge in [0.1, 0.15) is 0 Å². The number of halogens is 1. The highest BCUT2D eigenvalue weighted by Gasteiger charge is 2.35. The molecule has 0 aromatic heterocycles. The van der Waals surface area contributed by atoms with Crippen molar-refractivity contribution in [2.75, 3.05) is 16.8 Å². The highest BCUT2D eigenvalue weighted by molar-refractivity contribution is 9.09. The fourth-order valence-corrected chi connectivity index (χ4v) is 2.19. The second-order valence-corrected chi connectivity index (χ2v) is 4.24. The maximum Gasteiger partial charge on any atom is 0.299 e. The van der Waals surface area contributed by atoms with Gasteiger partial charge >= 0.3 is 0 Å². The largest absolute Gasteiger partial charge is 0.304 e. The first-order valence-corrected chi connectivity index (χ1v) is 5.80. The number of rotatable bonds is 2. The zero-order chi connectivity index (χ0) is 11.0. The van der Waals surface area contributed by atoms with E-state index in [1.54, 1.807) is 17.0 Å². The lowest BCUT2D eigenvalue weighted by Gasteiger charge is -2.16. The Labute approximate surface area is 96.2 Å². The lowest BCUT2D eigenvalue weighted by atomic mass is 10.1. The number of amides is 1. The minimum Gasteiger partial charge on any atom is -0.304 e. The van der Waals surface area contributed by atoms with Crippen LogP contribution in [0.3, 0.4) is 0 Å². The number of para-hydroxylation sites is 1. The maximum atomic E-state index is 11.7. The van der Waals surface area contributed by atoms with Gasteiger partial charge in [0.2, 0.25) is 0 Å². The van der Waals surface area contributed by atoms with Crippen molar-refractivity contribution >= 4 is 33.3 Å². The van der Waals surface area contributed by atoms with Crippen LogP contribution in [0.25, 0.3) is 0 Å². The van der Waals surface area contributed by atoms with E-state index >= 15 is 0 Å². The molecule has 4 heteroatoms. The Morgan fingerprint density at radius 2 is 2.07 bits per heavy atom. The number of nitrogens with zero attached hydrogens (tertiary/aromatic N) is 1. The van der Waals surface area contributed by atoms with Crippen LogP contribution in [0.1, 0.15) is 15.9 Å². The van der Waals surface area contributed by atoms with E-state index in [1.165, 1.54) is 0 Å². The number of Topliss-reactive ketones (excluding diaryl/α,β-unsaturated/α-hetero) is 1. The highest BCUT2D eigenvalue weighted by atomic mass is 79.9. The van der Waals surface area contributed by atoms with Gasteiger partial charge < -0.3 is 4.90 Å². The number of carbonyl (C=O) groups is 2. The number of aryl methyl sites for hydroxylation is 1. The summed E-state index contributed by atoms with van der Waals surface area (Å²) in [4.78, 5) is 24.8. The lowest BCUT2D eigenvalue weighted by Crippen LogP contribution is -2.31. The predicted molar refractivity (Wildman–Crippen MR) is 61.7 cm³/mol. The Morgan fingerprint density at radius 3 is 2.73 bits per heavy atom. The quantitative estimate of drug-likeness (QED) is 0.607. The van der Waals surface area contributed by atoms with Crippen LogP contribution in [-0.4, -0.2) is 23.6 Å². The first-order valence-electron chi connectivity index (χ1n) is 4.68. The fourth-order valence-electron chi connectivity index (χ4n) is 1.84. The van der Waals surface area contributed by atoms with Gasteiger partial charge in [-0.3, -0.25) is 9.59 Å². The van der Waals surface area contributed by atoms with Crippen LogP contribution in [0.2, 0.25) is 0 Å². The molecule has 1 heterocycles. The molecule has 0 unspecified atom stereocenters. The smallest absolute Gasteiger partial charge is 0.299 e. The molecule has 0 bridgehead atoms. The summed E-state index contributed by atoms with van der Waals surface area (Å²) in [6.45, 7) is 2.44. The van der Waals surface area contributed by atoms with E-state index in [-0.39, 0.29) is 0 Å². The summed E-state index contributed by atoms with van der Waals surface area (Å²) in [6.07, 6.45) is 0. The van der Waals surface area contributed by atoms with Gasteiger partial charge in [0.25, 0.3) is 11.7 Å². The van der Waals surface area contributed by atoms with Gasteiger partial charge in [0.05, 0.1) is 11.3 Å². The molecule has 78 valence electrons. The highest BCUT2D eigenvalue weighted by Crippen LogP contribution is 2.31. The van der Waals surface area contributed by atoms with Crippen molar-refractivity contribution in [2.24, 2.45) is 0 Å². The summed E-state index contributed by atoms with van der Waals surface area (Å²) in [5.74, 6) is -0.812. The maximum absolute atomic E-state index is 11.7. The molecule has 2 rings (SSSR count). The summed E-state index contributed by atoms with van der Waals surface area (Å²) in [6, 6.07) is 5.42. The van der Waals surface area contributed by atoms with Crippen molar-refractivity contribution in [3.63, 3.8) is 0 Å². The zero-order valence-corrected chi connectivity index (χ0v) is 9.87. The van der Waals surface area contributed by atoms with Gasteiger partial charge in [-0.05, 0) is 18.6 Å². The van der Waals surface area contributed by atoms with Crippen LogP contribution in [0, 0.1) is 6.92 Å². The molecule has 15 heavy (non-hydrogen) atoms. The summed E-state index contributed by atoms with van der Waals surface area (Å²) in [5.41, 5.74) is 2.26. The molecule has 1 aliphatic heterocycles. The first-order chi connectivity index (χ1) is 7.16. The van der Waals surface area contributed by atoms with Gasteiger partial charge in [-0.2, -0.15) is 0 Å². The Morgan fingerprint density at radius 1 is 1.33 bits per heavy atom. The topological polar surface area (TPSA) is 37.4 Å². The van der Waals surface area contributed by atoms with Gasteiger partial charge in [-0.15, -0.1) is 0 Å². The van der Waals surface area contributed by atoms with Crippen LogP contribution in [0.15, 0.2) is 18.2 Å². The molecule has 0 saturated carbocycles. The molecule has 0 saturated heterocycles. The van der Waals surface area contributed by atoms with Crippen LogP contribution in [0.5, 0.6) is 0 Å². The average Bonchev–Trinajstić information content (AvgIpc) is 2.46. The molecule has 1 aromatic carbocycles. The Bertz CT molecular complexity index is 442. The third-order valence-electron chi connectivity index (χ3n) is 2.50. The van der Waals surface area contributed by atoms with Crippen LogP contribution in [0.4, 0.5) is 5.69 Å². The third kappa shape index (κ3) is 1.49. The Kier molecular flexibility index (Phi) is 2.61. The van der Waals surface area contributed by atoms with Crippen molar-refractivity contribution in [3.05, 3.63) is 29.3 Å². The van der Waals surface area contributed by atoms with E-state index < -0.39 is 11.7 Å². The fraction of sp³-hybridized carbons (Fsp3) is 0.273. The van der Waals surface area contributed by atoms with Gasteiger partial charge in [-0.1, -0.05) is 28.1 Å². The lowest BCUT2D eigenvalue weighted by molar-refractivity contribution is -0.114. The number of ketones is 1. The standard InChI is InChI=1S/C11H10BrNO2/c1-7-3-2-4-8-9(7)13(6-5-12)11(15)10(8)14/h2-4H,5-6H2,1H3. The van der Waals surface area contributed by atoms with E-state index in [1.807, 2.05) is 13.0 Å². The minimum atomic E-state index is -0.418. The average molecular weight is 268 g/mol. The normalized spacial score (nSPS) is 14.7. The van der Waals surface area contributed by atoms with Crippen molar-refractivity contribution < 1.29 is 9.59 Å².